The lowest BCUT2D eigenvalue weighted by molar-refractivity contribution is -0.132. The van der Waals surface area contributed by atoms with Gasteiger partial charge in [0.2, 0.25) is 0 Å². The summed E-state index contributed by atoms with van der Waals surface area (Å²) < 4.78 is 0. The van der Waals surface area contributed by atoms with Crippen LogP contribution in [0.3, 0.4) is 0 Å². The molecule has 14 heavy (non-hydrogen) atoms. The molecule has 0 atom stereocenters. The number of rotatable bonds is 5. The van der Waals surface area contributed by atoms with Gasteiger partial charge in [0.25, 0.3) is 0 Å². The summed E-state index contributed by atoms with van der Waals surface area (Å²) in [5, 5.41) is 24.6. The van der Waals surface area contributed by atoms with Crippen LogP contribution in [0.1, 0.15) is 39.5 Å². The highest BCUT2D eigenvalue weighted by atomic mass is 16.5. The maximum Gasteiger partial charge on any atom is 0.330 e. The molecule has 84 valence electrons. The molecule has 0 heterocycles. The number of aliphatic hydroxyl groups excluding tert-OH is 1. The van der Waals surface area contributed by atoms with Gasteiger partial charge in [0.1, 0.15) is 0 Å². The maximum absolute atomic E-state index is 9.60. The molecule has 0 rings (SSSR count). The summed E-state index contributed by atoms with van der Waals surface area (Å²) in [5.74, 6) is -0.935. The molecule has 0 unspecified atom stereocenters. The van der Waals surface area contributed by atoms with Gasteiger partial charge in [-0.15, -0.1) is 0 Å². The van der Waals surface area contributed by atoms with Crippen molar-refractivity contribution < 1.29 is 20.1 Å². The summed E-state index contributed by atoms with van der Waals surface area (Å²) >= 11 is 0. The average molecular weight is 204 g/mol. The number of unbranched alkanes of at least 4 members (excludes halogenated alkanes) is 2. The Balaban J connectivity index is 0. The van der Waals surface area contributed by atoms with Crippen molar-refractivity contribution in [3.8, 4) is 0 Å². The van der Waals surface area contributed by atoms with E-state index in [1.54, 1.807) is 0 Å². The zero-order valence-corrected chi connectivity index (χ0v) is 8.86. The fourth-order valence-electron chi connectivity index (χ4n) is 0.577. The molecule has 0 spiro atoms. The molecule has 0 aromatic carbocycles. The zero-order chi connectivity index (χ0) is 11.6. The summed E-state index contributed by atoms with van der Waals surface area (Å²) in [4.78, 5) is 9.60. The van der Waals surface area contributed by atoms with Gasteiger partial charge in [-0.1, -0.05) is 26.3 Å². The molecule has 0 aromatic heterocycles. The van der Waals surface area contributed by atoms with Crippen molar-refractivity contribution in [1.82, 2.24) is 0 Å². The van der Waals surface area contributed by atoms with Gasteiger partial charge in [-0.3, -0.25) is 0 Å². The average Bonchev–Trinajstić information content (AvgIpc) is 2.05. The number of aliphatic hydroxyl groups is 2. The Labute approximate surface area is 84.9 Å². The first-order valence-corrected chi connectivity index (χ1v) is 4.66. The van der Waals surface area contributed by atoms with E-state index >= 15 is 0 Å². The van der Waals surface area contributed by atoms with E-state index in [9.17, 15) is 4.79 Å². The molecule has 4 heteroatoms. The van der Waals surface area contributed by atoms with Crippen molar-refractivity contribution in [3.05, 3.63) is 12.2 Å². The molecule has 0 aliphatic rings. The molecule has 0 saturated carbocycles. The summed E-state index contributed by atoms with van der Waals surface area (Å²) in [6.45, 7) is 6.69. The van der Waals surface area contributed by atoms with Crippen molar-refractivity contribution in [2.75, 3.05) is 0 Å². The second kappa shape index (κ2) is 10.2. The Bertz CT molecular complexity index is 152. The van der Waals surface area contributed by atoms with Crippen LogP contribution in [0.15, 0.2) is 12.2 Å². The third-order valence-electron chi connectivity index (χ3n) is 1.43. The number of carboxylic acids is 1. The maximum atomic E-state index is 9.60. The first kappa shape index (κ1) is 15.6. The minimum absolute atomic E-state index is 0.176. The number of hydrogen-bond acceptors (Lipinski definition) is 3. The third-order valence-corrected chi connectivity index (χ3v) is 1.43. The highest BCUT2D eigenvalue weighted by Crippen LogP contribution is 1.99. The first-order valence-electron chi connectivity index (χ1n) is 4.66. The fraction of sp³-hybridized carbons (Fsp3) is 0.700. The topological polar surface area (TPSA) is 77.8 Å². The standard InChI is InChI=1S/C6H14O2.C4H6O2/c1-2-3-4-5-6(7)8;1-3(2)4(5)6/h6-8H,2-5H2,1H3;1H2,2H3,(H,5,6). The third kappa shape index (κ3) is 17.3. The van der Waals surface area contributed by atoms with Crippen molar-refractivity contribution in [1.29, 1.82) is 0 Å². The van der Waals surface area contributed by atoms with Crippen LogP contribution in [0.5, 0.6) is 0 Å². The number of aliphatic carboxylic acids is 1. The highest BCUT2D eigenvalue weighted by molar-refractivity contribution is 5.84. The van der Waals surface area contributed by atoms with Crippen molar-refractivity contribution >= 4 is 5.97 Å². The van der Waals surface area contributed by atoms with Crippen LogP contribution in [0.4, 0.5) is 0 Å². The minimum atomic E-state index is -1.10. The van der Waals surface area contributed by atoms with E-state index in [1.807, 2.05) is 0 Å². The molecule has 0 saturated heterocycles. The Hall–Kier alpha value is -0.870. The van der Waals surface area contributed by atoms with Gasteiger partial charge < -0.3 is 15.3 Å². The normalized spacial score (nSPS) is 9.21. The molecule has 0 radical (unpaired) electrons. The van der Waals surface area contributed by atoms with Gasteiger partial charge >= 0.3 is 5.97 Å². The lowest BCUT2D eigenvalue weighted by atomic mass is 10.2. The summed E-state index contributed by atoms with van der Waals surface area (Å²) in [5.41, 5.74) is 0.176. The van der Waals surface area contributed by atoms with E-state index < -0.39 is 12.3 Å². The quantitative estimate of drug-likeness (QED) is 0.360. The number of carbonyl (C=O) groups is 1. The van der Waals surface area contributed by atoms with E-state index in [4.69, 9.17) is 15.3 Å². The molecule has 3 N–H and O–H groups in total. The van der Waals surface area contributed by atoms with Crippen LogP contribution in [-0.4, -0.2) is 27.6 Å². The van der Waals surface area contributed by atoms with Crippen LogP contribution in [-0.2, 0) is 4.79 Å². The SMILES string of the molecule is C=C(C)C(=O)O.CCCCCC(O)O. The Kier molecular flexibility index (Phi) is 11.4. The summed E-state index contributed by atoms with van der Waals surface area (Å²) in [7, 11) is 0. The Morgan fingerprint density at radius 3 is 2.00 bits per heavy atom. The number of carboxylic acid groups (broad SMARTS) is 1. The van der Waals surface area contributed by atoms with Gasteiger partial charge in [0.15, 0.2) is 6.29 Å². The van der Waals surface area contributed by atoms with Gasteiger partial charge in [0.05, 0.1) is 0 Å². The zero-order valence-electron chi connectivity index (χ0n) is 8.86. The monoisotopic (exact) mass is 204 g/mol. The van der Waals surface area contributed by atoms with E-state index in [0.717, 1.165) is 19.3 Å². The molecule has 0 fully saturated rings. The predicted octanol–water partition coefficient (Wildman–Crippen LogP) is 1.52. The predicted molar refractivity (Wildman–Crippen MR) is 54.8 cm³/mol. The van der Waals surface area contributed by atoms with Crippen LogP contribution < -0.4 is 0 Å². The second-order valence-electron chi connectivity index (χ2n) is 3.06. The fourth-order valence-corrected chi connectivity index (χ4v) is 0.577. The molecule has 0 bridgehead atoms. The van der Waals surface area contributed by atoms with Gasteiger partial charge in [-0.05, 0) is 19.8 Å². The Morgan fingerprint density at radius 2 is 1.79 bits per heavy atom. The van der Waals surface area contributed by atoms with Gasteiger partial charge in [-0.25, -0.2) is 4.79 Å². The first-order chi connectivity index (χ1) is 6.41. The molecule has 0 aromatic rings. The molecule has 4 nitrogen and oxygen atoms in total. The summed E-state index contributed by atoms with van der Waals surface area (Å²) in [6, 6.07) is 0. The van der Waals surface area contributed by atoms with Crippen molar-refractivity contribution in [2.45, 2.75) is 45.8 Å². The lowest BCUT2D eigenvalue weighted by Gasteiger charge is -1.99. The van der Waals surface area contributed by atoms with Gasteiger partial charge in [-0.2, -0.15) is 0 Å². The van der Waals surface area contributed by atoms with Crippen LogP contribution in [0, 0.1) is 0 Å². The van der Waals surface area contributed by atoms with Gasteiger partial charge in [0, 0.05) is 5.57 Å². The van der Waals surface area contributed by atoms with E-state index in [1.165, 1.54) is 6.92 Å². The van der Waals surface area contributed by atoms with E-state index in [0.29, 0.717) is 6.42 Å². The van der Waals surface area contributed by atoms with E-state index in [-0.39, 0.29) is 5.57 Å². The highest BCUT2D eigenvalue weighted by Gasteiger charge is 1.93. The van der Waals surface area contributed by atoms with E-state index in [2.05, 4.69) is 13.5 Å². The molecular formula is C10H20O4. The molecule has 0 aliphatic heterocycles. The smallest absolute Gasteiger partial charge is 0.330 e. The van der Waals surface area contributed by atoms with Crippen LogP contribution in [0.2, 0.25) is 0 Å². The molecule has 0 amide bonds. The second-order valence-corrected chi connectivity index (χ2v) is 3.06. The summed E-state index contributed by atoms with van der Waals surface area (Å²) in [6.07, 6.45) is 2.58. The Morgan fingerprint density at radius 1 is 1.36 bits per heavy atom. The van der Waals surface area contributed by atoms with Crippen molar-refractivity contribution in [2.24, 2.45) is 0 Å². The molecular weight excluding hydrogens is 184 g/mol. The minimum Gasteiger partial charge on any atom is -0.478 e. The lowest BCUT2D eigenvalue weighted by Crippen LogP contribution is -2.02. The number of hydrogen-bond donors (Lipinski definition) is 3. The van der Waals surface area contributed by atoms with Crippen LogP contribution in [0.25, 0.3) is 0 Å². The van der Waals surface area contributed by atoms with Crippen LogP contribution >= 0.6 is 0 Å². The molecule has 0 aliphatic carbocycles. The van der Waals surface area contributed by atoms with Crippen molar-refractivity contribution in [3.63, 3.8) is 0 Å². The largest absolute Gasteiger partial charge is 0.478 e.